The molecule has 0 spiro atoms. The van der Waals surface area contributed by atoms with Crippen molar-refractivity contribution in [1.82, 2.24) is 0 Å². The van der Waals surface area contributed by atoms with Gasteiger partial charge in [0.05, 0.1) is 6.10 Å². The van der Waals surface area contributed by atoms with E-state index in [1.807, 2.05) is 0 Å². The van der Waals surface area contributed by atoms with Crippen LogP contribution >= 0.6 is 0 Å². The molecule has 0 fully saturated rings. The summed E-state index contributed by atoms with van der Waals surface area (Å²) in [5.74, 6) is 0. The fourth-order valence-corrected chi connectivity index (χ4v) is 2.00. The number of allylic oxidation sites excluding steroid dienone is 1. The third-order valence-electron chi connectivity index (χ3n) is 2.75. The number of aliphatic hydroxyl groups excluding tert-OH is 1. The van der Waals surface area contributed by atoms with Gasteiger partial charge in [-0.3, -0.25) is 0 Å². The molecule has 0 aromatic carbocycles. The van der Waals surface area contributed by atoms with Crippen LogP contribution in [0.3, 0.4) is 0 Å². The minimum absolute atomic E-state index is 0. The van der Waals surface area contributed by atoms with E-state index in [0.29, 0.717) is 12.0 Å². The fourth-order valence-electron chi connectivity index (χ4n) is 2.00. The van der Waals surface area contributed by atoms with Crippen LogP contribution in [-0.2, 0) is 37.4 Å². The van der Waals surface area contributed by atoms with Crippen molar-refractivity contribution >= 4 is 0 Å². The molecule has 1 atom stereocenters. The first-order valence-corrected chi connectivity index (χ1v) is 5.49. The number of hydrogen-bond acceptors (Lipinski definition) is 2. The minimum atomic E-state index is 0. The van der Waals surface area contributed by atoms with Gasteiger partial charge < -0.3 is 16.8 Å². The minimum Gasteiger partial charge on any atom is -0.569 e. The predicted octanol–water partition coefficient (Wildman–Crippen LogP) is 3.51. The van der Waals surface area contributed by atoms with Crippen LogP contribution in [0.15, 0.2) is 11.6 Å². The van der Waals surface area contributed by atoms with Crippen LogP contribution in [0.5, 0.6) is 0 Å². The van der Waals surface area contributed by atoms with E-state index in [0.717, 1.165) is 0 Å². The van der Waals surface area contributed by atoms with E-state index in [9.17, 15) is 0 Å². The molecule has 0 saturated heterocycles. The van der Waals surface area contributed by atoms with Gasteiger partial charge in [-0.15, -0.1) is 0 Å². The smallest absolute Gasteiger partial charge is 0.0721 e. The van der Waals surface area contributed by atoms with Gasteiger partial charge in [0, 0.05) is 32.7 Å². The molecule has 0 saturated carbocycles. The van der Waals surface area contributed by atoms with E-state index in [1.165, 1.54) is 24.8 Å². The van der Waals surface area contributed by atoms with Crippen molar-refractivity contribution < 1.29 is 42.6 Å². The summed E-state index contributed by atoms with van der Waals surface area (Å²) in [6.07, 6.45) is 6.44. The molecule has 0 aliphatic heterocycles. The topological polar surface area (TPSA) is 29.5 Å². The maximum Gasteiger partial charge on any atom is 0.0721 e. The van der Waals surface area contributed by atoms with Gasteiger partial charge in [0.25, 0.3) is 0 Å². The quantitative estimate of drug-likeness (QED) is 0.638. The molecule has 1 aliphatic carbocycles. The van der Waals surface area contributed by atoms with Crippen LogP contribution in [0.1, 0.15) is 40.0 Å². The van der Waals surface area contributed by atoms with Crippen molar-refractivity contribution in [3.63, 3.8) is 0 Å². The summed E-state index contributed by atoms with van der Waals surface area (Å²) in [6, 6.07) is 0. The molecule has 3 heteroatoms. The van der Waals surface area contributed by atoms with Gasteiger partial charge >= 0.3 is 0 Å². The third kappa shape index (κ3) is 7.16. The molecule has 0 aromatic heterocycles. The Bertz CT molecular complexity index is 200. The summed E-state index contributed by atoms with van der Waals surface area (Å²) in [4.78, 5) is 0. The summed E-state index contributed by atoms with van der Waals surface area (Å²) >= 11 is 0. The standard InChI is InChI=1S/C12H21O.CH3O.Y/c1-5-13-10(2)11-7-6-8-12(3,4)9-11;1-2;/h9-10H,1,5-8H2,2-4H3;2H,1H2;/q2*-1;. The zero-order valence-electron chi connectivity index (χ0n) is 10.8. The van der Waals surface area contributed by atoms with Crippen LogP contribution in [0.2, 0.25) is 0 Å². The van der Waals surface area contributed by atoms with Gasteiger partial charge in [0.1, 0.15) is 0 Å². The van der Waals surface area contributed by atoms with Gasteiger partial charge in [-0.25, -0.2) is 7.11 Å². The maximum absolute atomic E-state index is 6.75. The monoisotopic (exact) mass is 301 g/mol. The Morgan fingerprint density at radius 1 is 1.50 bits per heavy atom. The molecule has 93 valence electrons. The molecule has 0 heterocycles. The number of ether oxygens (including phenoxy) is 1. The Morgan fingerprint density at radius 3 is 2.50 bits per heavy atom. The van der Waals surface area contributed by atoms with E-state index in [2.05, 4.69) is 40.9 Å². The van der Waals surface area contributed by atoms with E-state index >= 15 is 0 Å². The predicted molar refractivity (Wildman–Crippen MR) is 63.8 cm³/mol. The van der Waals surface area contributed by atoms with Crippen LogP contribution in [0.25, 0.3) is 0 Å². The first-order valence-electron chi connectivity index (χ1n) is 5.49. The van der Waals surface area contributed by atoms with Gasteiger partial charge in [-0.05, 0) is 37.2 Å². The molecule has 1 unspecified atom stereocenters. The largest absolute Gasteiger partial charge is 0.569 e. The average Bonchev–Trinajstić information content (AvgIpc) is 2.20. The molecule has 1 rings (SSSR count). The van der Waals surface area contributed by atoms with Gasteiger partial charge in [0.2, 0.25) is 0 Å². The SMILES string of the molecule is [CH2-]COC(C)C1=CC(C)(C)CCC1.[CH2-]O.[Y]. The van der Waals surface area contributed by atoms with Crippen molar-refractivity contribution in [2.24, 2.45) is 5.41 Å². The zero-order chi connectivity index (χ0) is 11.9. The normalized spacial score (nSPS) is 19.8. The molecule has 1 radical (unpaired) electrons. The van der Waals surface area contributed by atoms with Crippen molar-refractivity contribution in [2.45, 2.75) is 46.1 Å². The van der Waals surface area contributed by atoms with Gasteiger partial charge in [-0.1, -0.05) is 26.5 Å². The second-order valence-corrected chi connectivity index (χ2v) is 4.57. The van der Waals surface area contributed by atoms with Crippen molar-refractivity contribution in [2.75, 3.05) is 6.61 Å². The van der Waals surface area contributed by atoms with Gasteiger partial charge in [-0.2, -0.15) is 0 Å². The van der Waals surface area contributed by atoms with Crippen molar-refractivity contribution in [3.8, 4) is 0 Å². The summed E-state index contributed by atoms with van der Waals surface area (Å²) in [5, 5.41) is 6.75. The van der Waals surface area contributed by atoms with Crippen LogP contribution in [-0.4, -0.2) is 17.8 Å². The van der Waals surface area contributed by atoms with Crippen LogP contribution in [0.4, 0.5) is 0 Å². The number of aliphatic hydroxyl groups is 1. The first-order chi connectivity index (χ1) is 7.05. The van der Waals surface area contributed by atoms with Gasteiger partial charge in [0.15, 0.2) is 0 Å². The van der Waals surface area contributed by atoms with Crippen LogP contribution < -0.4 is 0 Å². The maximum atomic E-state index is 6.75. The Kier molecular flexibility index (Phi) is 11.7. The molecule has 0 bridgehead atoms. The molecular weight excluding hydrogens is 277 g/mol. The Labute approximate surface area is 126 Å². The second-order valence-electron chi connectivity index (χ2n) is 4.57. The Morgan fingerprint density at radius 2 is 2.06 bits per heavy atom. The Hall–Kier alpha value is 0.764. The third-order valence-corrected chi connectivity index (χ3v) is 2.75. The van der Waals surface area contributed by atoms with Crippen LogP contribution in [0, 0.1) is 19.4 Å². The summed E-state index contributed by atoms with van der Waals surface area (Å²) in [6.45, 7) is 11.0. The molecule has 2 nitrogen and oxygen atoms in total. The molecule has 0 aromatic rings. The Balaban J connectivity index is 0. The van der Waals surface area contributed by atoms with E-state index < -0.39 is 0 Å². The molecular formula is C13H24O2Y-2. The summed E-state index contributed by atoms with van der Waals surface area (Å²) in [7, 11) is 2.25. The second kappa shape index (κ2) is 9.76. The van der Waals surface area contributed by atoms with E-state index in [4.69, 9.17) is 9.84 Å². The van der Waals surface area contributed by atoms with Crippen molar-refractivity contribution in [3.05, 3.63) is 25.7 Å². The molecule has 16 heavy (non-hydrogen) atoms. The fraction of sp³-hybridized carbons (Fsp3) is 0.692. The molecule has 1 aliphatic rings. The first kappa shape index (κ1) is 19.1. The van der Waals surface area contributed by atoms with E-state index in [-0.39, 0.29) is 38.8 Å². The summed E-state index contributed by atoms with van der Waals surface area (Å²) in [5.41, 5.74) is 1.83. The number of hydrogen-bond donors (Lipinski definition) is 1. The molecule has 0 amide bonds. The molecule has 1 N–H and O–H groups in total. The number of rotatable bonds is 3. The zero-order valence-corrected chi connectivity index (χ0v) is 13.7. The average molecular weight is 301 g/mol. The van der Waals surface area contributed by atoms with E-state index in [1.54, 1.807) is 0 Å². The summed E-state index contributed by atoms with van der Waals surface area (Å²) < 4.78 is 5.50. The van der Waals surface area contributed by atoms with Crippen molar-refractivity contribution in [1.29, 1.82) is 0 Å².